The Balaban J connectivity index is 1.66. The fourth-order valence-corrected chi connectivity index (χ4v) is 4.35. The largest absolute Gasteiger partial charge is 0.485 e. The Hall–Kier alpha value is -4.18. The SMILES string of the molecule is CN1C(=O)[C@]2(C[C@@H](c3ccc(F)cc3)Oc3ccc(-c4cccc(C#N)c4)cc32)N=C1N. The third-order valence-electron chi connectivity index (χ3n) is 6.05. The average molecular weight is 426 g/mol. The lowest BCUT2D eigenvalue weighted by Gasteiger charge is -2.37. The predicted molar refractivity (Wildman–Crippen MR) is 117 cm³/mol. The predicted octanol–water partition coefficient (Wildman–Crippen LogP) is 3.87. The lowest BCUT2D eigenvalue weighted by molar-refractivity contribution is -0.132. The molecule has 0 fully saturated rings. The van der Waals surface area contributed by atoms with Crippen molar-refractivity contribution in [2.45, 2.75) is 18.1 Å². The van der Waals surface area contributed by atoms with Gasteiger partial charge in [0, 0.05) is 19.0 Å². The Bertz CT molecular complexity index is 1310. The number of hydrogen-bond acceptors (Lipinski definition) is 5. The molecule has 158 valence electrons. The number of carbonyl (C=O) groups is 1. The van der Waals surface area contributed by atoms with Crippen LogP contribution in [0.4, 0.5) is 4.39 Å². The van der Waals surface area contributed by atoms with Crippen LogP contribution in [-0.4, -0.2) is 23.8 Å². The van der Waals surface area contributed by atoms with Gasteiger partial charge in [-0.15, -0.1) is 0 Å². The molecular weight excluding hydrogens is 407 g/mol. The van der Waals surface area contributed by atoms with Gasteiger partial charge in [-0.05, 0) is 53.1 Å². The van der Waals surface area contributed by atoms with Gasteiger partial charge in [0.1, 0.15) is 17.7 Å². The van der Waals surface area contributed by atoms with E-state index in [1.165, 1.54) is 17.0 Å². The number of rotatable bonds is 2. The molecule has 2 aliphatic heterocycles. The van der Waals surface area contributed by atoms with Gasteiger partial charge in [0.2, 0.25) is 0 Å². The van der Waals surface area contributed by atoms with Gasteiger partial charge in [0.15, 0.2) is 11.5 Å². The fraction of sp³-hybridized carbons (Fsp3) is 0.160. The molecule has 32 heavy (non-hydrogen) atoms. The molecule has 3 aromatic carbocycles. The summed E-state index contributed by atoms with van der Waals surface area (Å²) < 4.78 is 19.7. The van der Waals surface area contributed by atoms with Crippen molar-refractivity contribution in [3.8, 4) is 22.9 Å². The number of carbonyl (C=O) groups excluding carboxylic acids is 1. The number of benzene rings is 3. The van der Waals surface area contributed by atoms with Crippen LogP contribution in [0.25, 0.3) is 11.1 Å². The van der Waals surface area contributed by atoms with Crippen LogP contribution in [0.1, 0.15) is 29.2 Å². The highest BCUT2D eigenvalue weighted by atomic mass is 19.1. The molecule has 5 rings (SSSR count). The Morgan fingerprint density at radius 2 is 1.91 bits per heavy atom. The van der Waals surface area contributed by atoms with Gasteiger partial charge in [-0.2, -0.15) is 5.26 Å². The molecule has 6 nitrogen and oxygen atoms in total. The highest BCUT2D eigenvalue weighted by Gasteiger charge is 2.53. The number of ether oxygens (including phenoxy) is 1. The maximum absolute atomic E-state index is 13.5. The van der Waals surface area contributed by atoms with Crippen molar-refractivity contribution in [3.05, 3.63) is 89.2 Å². The number of nitrogens with two attached hydrogens (primary N) is 1. The second-order valence-corrected chi connectivity index (χ2v) is 7.96. The van der Waals surface area contributed by atoms with E-state index in [4.69, 9.17) is 10.5 Å². The molecule has 1 spiro atoms. The maximum atomic E-state index is 13.5. The van der Waals surface area contributed by atoms with Gasteiger partial charge < -0.3 is 10.5 Å². The van der Waals surface area contributed by atoms with E-state index in [0.29, 0.717) is 16.9 Å². The highest BCUT2D eigenvalue weighted by molar-refractivity contribution is 6.07. The number of likely N-dealkylation sites (N-methyl/N-ethyl adjacent to an activating group) is 1. The summed E-state index contributed by atoms with van der Waals surface area (Å²) in [5.41, 5.74) is 8.40. The molecule has 0 saturated heterocycles. The Morgan fingerprint density at radius 1 is 1.16 bits per heavy atom. The standard InChI is InChI=1S/C25H19FN4O2/c1-30-23(31)25(29-24(30)28)13-22(16-5-8-19(26)9-6-16)32-21-10-7-18(12-20(21)25)17-4-2-3-15(11-17)14-27/h2-12,22H,13H2,1H3,(H2,28,29)/t22-,25+/m0/s1. The number of nitriles is 1. The van der Waals surface area contributed by atoms with Gasteiger partial charge in [0.05, 0.1) is 11.6 Å². The third kappa shape index (κ3) is 3.00. The van der Waals surface area contributed by atoms with E-state index in [-0.39, 0.29) is 24.1 Å². The minimum Gasteiger partial charge on any atom is -0.485 e. The van der Waals surface area contributed by atoms with E-state index in [1.54, 1.807) is 37.4 Å². The monoisotopic (exact) mass is 426 g/mol. The molecule has 0 unspecified atom stereocenters. The fourth-order valence-electron chi connectivity index (χ4n) is 4.35. The zero-order valence-electron chi connectivity index (χ0n) is 17.2. The van der Waals surface area contributed by atoms with Crippen molar-refractivity contribution in [1.29, 1.82) is 5.26 Å². The molecule has 2 N–H and O–H groups in total. The smallest absolute Gasteiger partial charge is 0.261 e. The summed E-state index contributed by atoms with van der Waals surface area (Å²) in [5, 5.41) is 9.24. The first-order valence-corrected chi connectivity index (χ1v) is 10.1. The minimum atomic E-state index is -1.24. The molecule has 3 aromatic rings. The van der Waals surface area contributed by atoms with Crippen molar-refractivity contribution in [2.75, 3.05) is 7.05 Å². The molecule has 0 saturated carbocycles. The summed E-state index contributed by atoms with van der Waals surface area (Å²) >= 11 is 0. The van der Waals surface area contributed by atoms with Crippen molar-refractivity contribution >= 4 is 11.9 Å². The van der Waals surface area contributed by atoms with E-state index in [1.807, 2.05) is 24.3 Å². The van der Waals surface area contributed by atoms with Crippen LogP contribution in [0.5, 0.6) is 5.75 Å². The van der Waals surface area contributed by atoms with Gasteiger partial charge in [-0.1, -0.05) is 30.3 Å². The van der Waals surface area contributed by atoms with Crippen LogP contribution in [0.2, 0.25) is 0 Å². The van der Waals surface area contributed by atoms with Crippen molar-refractivity contribution in [2.24, 2.45) is 10.7 Å². The van der Waals surface area contributed by atoms with Gasteiger partial charge >= 0.3 is 0 Å². The minimum absolute atomic E-state index is 0.137. The highest BCUT2D eigenvalue weighted by Crippen LogP contribution is 2.50. The number of fused-ring (bicyclic) bond motifs is 2. The lowest BCUT2D eigenvalue weighted by atomic mass is 9.79. The van der Waals surface area contributed by atoms with Crippen molar-refractivity contribution in [3.63, 3.8) is 0 Å². The van der Waals surface area contributed by atoms with Crippen molar-refractivity contribution in [1.82, 2.24) is 4.90 Å². The number of aliphatic imine (C=N–C) groups is 1. The summed E-state index contributed by atoms with van der Waals surface area (Å²) in [7, 11) is 1.60. The van der Waals surface area contributed by atoms with Gasteiger partial charge in [-0.3, -0.25) is 9.69 Å². The van der Waals surface area contributed by atoms with E-state index in [0.717, 1.165) is 16.7 Å². The quantitative estimate of drug-likeness (QED) is 0.673. The summed E-state index contributed by atoms with van der Waals surface area (Å²) in [4.78, 5) is 19.4. The zero-order valence-corrected chi connectivity index (χ0v) is 17.2. The Kier molecular flexibility index (Phi) is 4.45. The normalized spacial score (nSPS) is 21.7. The average Bonchev–Trinajstić information content (AvgIpc) is 3.03. The zero-order chi connectivity index (χ0) is 22.5. The van der Waals surface area contributed by atoms with Crippen LogP contribution in [0.15, 0.2) is 71.7 Å². The van der Waals surface area contributed by atoms with E-state index >= 15 is 0 Å². The number of halogens is 1. The molecule has 7 heteroatoms. The Morgan fingerprint density at radius 3 is 2.59 bits per heavy atom. The van der Waals surface area contributed by atoms with Crippen LogP contribution in [0, 0.1) is 17.1 Å². The summed E-state index contributed by atoms with van der Waals surface area (Å²) in [6, 6.07) is 21.0. The molecule has 0 radical (unpaired) electrons. The van der Waals surface area contributed by atoms with E-state index in [2.05, 4.69) is 11.1 Å². The first-order chi connectivity index (χ1) is 15.4. The molecular formula is C25H19FN4O2. The van der Waals surface area contributed by atoms with Crippen LogP contribution in [-0.2, 0) is 10.3 Å². The molecule has 2 atom stereocenters. The van der Waals surface area contributed by atoms with Gasteiger partial charge in [0.25, 0.3) is 5.91 Å². The lowest BCUT2D eigenvalue weighted by Crippen LogP contribution is -2.43. The second kappa shape index (κ2) is 7.20. The third-order valence-corrected chi connectivity index (χ3v) is 6.05. The molecule has 0 aromatic heterocycles. The molecule has 2 heterocycles. The topological polar surface area (TPSA) is 91.7 Å². The number of hydrogen-bond donors (Lipinski definition) is 1. The summed E-state index contributed by atoms with van der Waals surface area (Å²) in [5.74, 6) is 0.0704. The van der Waals surface area contributed by atoms with Crippen molar-refractivity contribution < 1.29 is 13.9 Å². The second-order valence-electron chi connectivity index (χ2n) is 7.96. The summed E-state index contributed by atoms with van der Waals surface area (Å²) in [6.45, 7) is 0. The van der Waals surface area contributed by atoms with Gasteiger partial charge in [-0.25, -0.2) is 9.38 Å². The van der Waals surface area contributed by atoms with E-state index in [9.17, 15) is 14.4 Å². The molecule has 2 aliphatic rings. The molecule has 1 amide bonds. The number of guanidine groups is 1. The number of nitrogens with zero attached hydrogens (tertiary/aromatic N) is 3. The summed E-state index contributed by atoms with van der Waals surface area (Å²) in [6.07, 6.45) is -0.264. The van der Waals surface area contributed by atoms with Crippen LogP contribution < -0.4 is 10.5 Å². The van der Waals surface area contributed by atoms with Crippen LogP contribution >= 0.6 is 0 Å². The Labute approximate surface area is 184 Å². The number of amides is 1. The van der Waals surface area contributed by atoms with Crippen LogP contribution in [0.3, 0.4) is 0 Å². The molecule has 0 aliphatic carbocycles. The maximum Gasteiger partial charge on any atom is 0.261 e. The van der Waals surface area contributed by atoms with E-state index < -0.39 is 11.6 Å². The first-order valence-electron chi connectivity index (χ1n) is 10.1. The molecule has 0 bridgehead atoms. The first kappa shape index (κ1) is 19.8.